The first-order valence-electron chi connectivity index (χ1n) is 14.9. The third-order valence-electron chi connectivity index (χ3n) is 8.41. The van der Waals surface area contributed by atoms with Crippen molar-refractivity contribution >= 4 is 23.6 Å². The van der Waals surface area contributed by atoms with Crippen LogP contribution >= 0.6 is 0 Å². The number of amides is 3. The van der Waals surface area contributed by atoms with Crippen molar-refractivity contribution in [1.82, 2.24) is 15.6 Å². The summed E-state index contributed by atoms with van der Waals surface area (Å²) in [6.07, 6.45) is 7.80. The van der Waals surface area contributed by atoms with Crippen LogP contribution in [0.4, 0.5) is 10.5 Å². The van der Waals surface area contributed by atoms with Crippen LogP contribution in [0, 0.1) is 11.8 Å². The Hall–Kier alpha value is -4.20. The van der Waals surface area contributed by atoms with Crippen molar-refractivity contribution in [3.05, 3.63) is 72.4 Å². The number of carboxylic acid groups (broad SMARTS) is 1. The van der Waals surface area contributed by atoms with E-state index in [1.807, 2.05) is 74.5 Å². The Balaban J connectivity index is 1.25. The first-order chi connectivity index (χ1) is 20.2. The van der Waals surface area contributed by atoms with Gasteiger partial charge in [0.1, 0.15) is 0 Å². The molecule has 0 saturated heterocycles. The molecule has 2 saturated carbocycles. The van der Waals surface area contributed by atoms with E-state index in [1.54, 1.807) is 6.20 Å². The lowest BCUT2D eigenvalue weighted by atomic mass is 9.84. The SMILES string of the molecule is CC(C)(NC(=O)O)c1ccc(-c2ncc(NC(=O)CC3CCC(NC(=O)CC4CC4)CC3)cc2-c2ccccc2)cc1. The van der Waals surface area contributed by atoms with Crippen molar-refractivity contribution in [3.8, 4) is 22.4 Å². The highest BCUT2D eigenvalue weighted by molar-refractivity contribution is 5.93. The fraction of sp³-hybridized carbons (Fsp3) is 0.412. The van der Waals surface area contributed by atoms with Crippen LogP contribution in [0.25, 0.3) is 22.4 Å². The zero-order chi connectivity index (χ0) is 29.7. The summed E-state index contributed by atoms with van der Waals surface area (Å²) in [7, 11) is 0. The van der Waals surface area contributed by atoms with E-state index in [1.165, 1.54) is 12.8 Å². The molecule has 3 amide bonds. The fourth-order valence-electron chi connectivity index (χ4n) is 5.84. The molecule has 0 spiro atoms. The minimum absolute atomic E-state index is 0.0257. The molecule has 0 aliphatic heterocycles. The van der Waals surface area contributed by atoms with E-state index >= 15 is 0 Å². The van der Waals surface area contributed by atoms with Crippen molar-refractivity contribution in [3.63, 3.8) is 0 Å². The van der Waals surface area contributed by atoms with Gasteiger partial charge in [-0.3, -0.25) is 14.6 Å². The van der Waals surface area contributed by atoms with Gasteiger partial charge in [0.05, 0.1) is 23.1 Å². The van der Waals surface area contributed by atoms with E-state index in [0.717, 1.165) is 53.6 Å². The largest absolute Gasteiger partial charge is 0.465 e. The van der Waals surface area contributed by atoms with Gasteiger partial charge in [-0.05, 0) is 81.4 Å². The van der Waals surface area contributed by atoms with Gasteiger partial charge >= 0.3 is 6.09 Å². The zero-order valence-corrected chi connectivity index (χ0v) is 24.4. The number of rotatable bonds is 10. The Morgan fingerprint density at radius 2 is 1.45 bits per heavy atom. The topological polar surface area (TPSA) is 120 Å². The second-order valence-electron chi connectivity index (χ2n) is 12.3. The molecule has 5 rings (SSSR count). The third kappa shape index (κ3) is 7.75. The van der Waals surface area contributed by atoms with Gasteiger partial charge in [0.2, 0.25) is 11.8 Å². The lowest BCUT2D eigenvalue weighted by Gasteiger charge is -2.29. The molecule has 0 bridgehead atoms. The average Bonchev–Trinajstić information content (AvgIpc) is 3.78. The molecule has 1 aromatic heterocycles. The monoisotopic (exact) mass is 568 g/mol. The Bertz CT molecular complexity index is 1410. The van der Waals surface area contributed by atoms with Crippen molar-refractivity contribution in [2.45, 2.75) is 76.8 Å². The van der Waals surface area contributed by atoms with Gasteiger partial charge in [0.15, 0.2) is 0 Å². The third-order valence-corrected chi connectivity index (χ3v) is 8.41. The van der Waals surface area contributed by atoms with Crippen LogP contribution in [-0.2, 0) is 15.1 Å². The summed E-state index contributed by atoms with van der Waals surface area (Å²) in [5.74, 6) is 1.05. The van der Waals surface area contributed by atoms with Crippen molar-refractivity contribution in [1.29, 1.82) is 0 Å². The van der Waals surface area contributed by atoms with Crippen LogP contribution in [-0.4, -0.2) is 34.0 Å². The molecule has 220 valence electrons. The van der Waals surface area contributed by atoms with E-state index in [0.29, 0.717) is 30.4 Å². The Labute approximate surface area is 247 Å². The molecule has 4 N–H and O–H groups in total. The van der Waals surface area contributed by atoms with E-state index < -0.39 is 11.6 Å². The standard InChI is InChI=1S/C34H40N4O4/c1-34(2,38-33(41)42)26-14-12-25(13-15-26)32-29(24-6-4-3-5-7-24)20-28(21-35-32)37-31(40)19-23-10-16-27(17-11-23)36-30(39)18-22-8-9-22/h3-7,12-15,20-23,27,38H,8-11,16-19H2,1-2H3,(H,36,39)(H,37,40)(H,41,42). The number of carbonyl (C=O) groups excluding carboxylic acids is 2. The summed E-state index contributed by atoms with van der Waals surface area (Å²) in [5, 5.41) is 18.0. The predicted octanol–water partition coefficient (Wildman–Crippen LogP) is 6.72. The Morgan fingerprint density at radius 3 is 2.07 bits per heavy atom. The summed E-state index contributed by atoms with van der Waals surface area (Å²) in [5.41, 5.74) is 4.29. The smallest absolute Gasteiger partial charge is 0.405 e. The minimum atomic E-state index is -1.07. The molecule has 2 aliphatic carbocycles. The Kier molecular flexibility index (Phi) is 8.90. The second-order valence-corrected chi connectivity index (χ2v) is 12.3. The first kappa shape index (κ1) is 29.3. The fourth-order valence-corrected chi connectivity index (χ4v) is 5.84. The lowest BCUT2D eigenvalue weighted by molar-refractivity contribution is -0.122. The molecule has 0 unspecified atom stereocenters. The normalized spacial score (nSPS) is 18.6. The maximum Gasteiger partial charge on any atom is 0.405 e. The summed E-state index contributed by atoms with van der Waals surface area (Å²) in [6.45, 7) is 3.64. The number of pyridine rings is 1. The van der Waals surface area contributed by atoms with Gasteiger partial charge in [0.25, 0.3) is 0 Å². The number of anilines is 1. The first-order valence-corrected chi connectivity index (χ1v) is 14.9. The van der Waals surface area contributed by atoms with Gasteiger partial charge in [-0.25, -0.2) is 4.79 Å². The number of nitrogens with zero attached hydrogens (tertiary/aromatic N) is 1. The summed E-state index contributed by atoms with van der Waals surface area (Å²) in [4.78, 5) is 41.2. The van der Waals surface area contributed by atoms with Gasteiger partial charge in [-0.2, -0.15) is 0 Å². The van der Waals surface area contributed by atoms with Crippen LogP contribution < -0.4 is 16.0 Å². The molecule has 3 aromatic rings. The van der Waals surface area contributed by atoms with E-state index in [2.05, 4.69) is 16.0 Å². The highest BCUT2D eigenvalue weighted by atomic mass is 16.4. The molecular formula is C34H40N4O4. The number of hydrogen-bond donors (Lipinski definition) is 4. The highest BCUT2D eigenvalue weighted by Gasteiger charge is 2.28. The lowest BCUT2D eigenvalue weighted by Crippen LogP contribution is -2.39. The summed E-state index contributed by atoms with van der Waals surface area (Å²) in [6, 6.07) is 19.8. The maximum absolute atomic E-state index is 13.0. The number of aromatic nitrogens is 1. The van der Waals surface area contributed by atoms with E-state index in [-0.39, 0.29) is 17.9 Å². The molecule has 8 heteroatoms. The molecule has 2 aromatic carbocycles. The summed E-state index contributed by atoms with van der Waals surface area (Å²) >= 11 is 0. The van der Waals surface area contributed by atoms with E-state index in [4.69, 9.17) is 4.98 Å². The van der Waals surface area contributed by atoms with Crippen LogP contribution in [0.1, 0.15) is 70.8 Å². The Morgan fingerprint density at radius 1 is 0.833 bits per heavy atom. The molecule has 42 heavy (non-hydrogen) atoms. The molecule has 1 heterocycles. The van der Waals surface area contributed by atoms with Gasteiger partial charge in [-0.1, -0.05) is 54.6 Å². The number of benzene rings is 2. The zero-order valence-electron chi connectivity index (χ0n) is 24.4. The van der Waals surface area contributed by atoms with E-state index in [9.17, 15) is 19.5 Å². The van der Waals surface area contributed by atoms with Crippen LogP contribution in [0.3, 0.4) is 0 Å². The quantitative estimate of drug-likeness (QED) is 0.216. The van der Waals surface area contributed by atoms with Gasteiger partial charge < -0.3 is 21.1 Å². The molecule has 0 atom stereocenters. The maximum atomic E-state index is 13.0. The highest BCUT2D eigenvalue weighted by Crippen LogP contribution is 2.35. The van der Waals surface area contributed by atoms with Crippen molar-refractivity contribution in [2.24, 2.45) is 11.8 Å². The van der Waals surface area contributed by atoms with Crippen LogP contribution in [0.5, 0.6) is 0 Å². The number of nitrogens with one attached hydrogen (secondary N) is 3. The van der Waals surface area contributed by atoms with Crippen molar-refractivity contribution < 1.29 is 19.5 Å². The molecule has 0 radical (unpaired) electrons. The predicted molar refractivity (Wildman–Crippen MR) is 164 cm³/mol. The van der Waals surface area contributed by atoms with Gasteiger partial charge in [-0.15, -0.1) is 0 Å². The number of carbonyl (C=O) groups is 3. The van der Waals surface area contributed by atoms with Crippen molar-refractivity contribution in [2.75, 3.05) is 5.32 Å². The number of hydrogen-bond acceptors (Lipinski definition) is 4. The molecule has 8 nitrogen and oxygen atoms in total. The van der Waals surface area contributed by atoms with Crippen LogP contribution in [0.2, 0.25) is 0 Å². The van der Waals surface area contributed by atoms with Crippen LogP contribution in [0.15, 0.2) is 66.9 Å². The second kappa shape index (κ2) is 12.8. The van der Waals surface area contributed by atoms with Gasteiger partial charge in [0, 0.05) is 30.0 Å². The molecular weight excluding hydrogens is 528 g/mol. The average molecular weight is 569 g/mol. The summed E-state index contributed by atoms with van der Waals surface area (Å²) < 4.78 is 0. The molecule has 2 fully saturated rings. The molecule has 2 aliphatic rings. The minimum Gasteiger partial charge on any atom is -0.465 e.